The highest BCUT2D eigenvalue weighted by atomic mass is 35.5. The Morgan fingerprint density at radius 1 is 1.39 bits per heavy atom. The van der Waals surface area contributed by atoms with Crippen LogP contribution in [0.4, 0.5) is 4.79 Å². The molecule has 1 saturated heterocycles. The molecule has 3 amide bonds. The minimum absolute atomic E-state index is 0.0132. The molecule has 2 aromatic heterocycles. The van der Waals surface area contributed by atoms with Crippen LogP contribution in [0, 0.1) is 0 Å². The highest BCUT2D eigenvalue weighted by Crippen LogP contribution is 2.21. The van der Waals surface area contributed by atoms with Gasteiger partial charge in [-0.2, -0.15) is 5.10 Å². The number of urea groups is 1. The molecule has 0 spiro atoms. The van der Waals surface area contributed by atoms with E-state index in [1.54, 1.807) is 23.0 Å². The predicted octanol–water partition coefficient (Wildman–Crippen LogP) is 2.81. The topological polar surface area (TPSA) is 99.2 Å². The van der Waals surface area contributed by atoms with Crippen molar-refractivity contribution >= 4 is 34.4 Å². The molecule has 10 heteroatoms. The molecule has 0 aliphatic carbocycles. The second-order valence-corrected chi connectivity index (χ2v) is 8.36. The molecular formula is C21H26ClN7O2. The van der Waals surface area contributed by atoms with Gasteiger partial charge in [0, 0.05) is 41.8 Å². The number of likely N-dealkylation sites (tertiary alicyclic amines) is 1. The summed E-state index contributed by atoms with van der Waals surface area (Å²) in [5.41, 5.74) is 1.88. The van der Waals surface area contributed by atoms with Gasteiger partial charge >= 0.3 is 6.03 Å². The Morgan fingerprint density at radius 2 is 2.23 bits per heavy atom. The summed E-state index contributed by atoms with van der Waals surface area (Å²) in [6.07, 6.45) is 4.67. The summed E-state index contributed by atoms with van der Waals surface area (Å²) >= 11 is 6.04. The molecular weight excluding hydrogens is 418 g/mol. The smallest absolute Gasteiger partial charge is 0.317 e. The Bertz CT molecular complexity index is 1070. The van der Waals surface area contributed by atoms with Crippen LogP contribution in [-0.2, 0) is 11.3 Å². The fraction of sp³-hybridized carbons (Fsp3) is 0.429. The van der Waals surface area contributed by atoms with E-state index >= 15 is 0 Å². The summed E-state index contributed by atoms with van der Waals surface area (Å²) < 4.78 is 1.55. The Balaban J connectivity index is 1.33. The Kier molecular flexibility index (Phi) is 6.13. The third-order valence-electron chi connectivity index (χ3n) is 5.84. The number of nitrogens with zero attached hydrogens (tertiary/aromatic N) is 5. The highest BCUT2D eigenvalue weighted by molar-refractivity contribution is 6.31. The van der Waals surface area contributed by atoms with Crippen LogP contribution >= 0.6 is 11.6 Å². The monoisotopic (exact) mass is 443 g/mol. The lowest BCUT2D eigenvalue weighted by molar-refractivity contribution is -0.136. The maximum atomic E-state index is 12.9. The molecule has 1 aliphatic rings. The molecule has 9 nitrogen and oxygen atoms in total. The number of hydrogen-bond acceptors (Lipinski definition) is 4. The first-order valence-corrected chi connectivity index (χ1v) is 10.7. The number of benzene rings is 1. The molecule has 31 heavy (non-hydrogen) atoms. The number of aromatic nitrogens is 4. The molecule has 1 aromatic carbocycles. The maximum absolute atomic E-state index is 12.9. The number of carbonyl (C=O) groups is 2. The summed E-state index contributed by atoms with van der Waals surface area (Å²) in [5.74, 6) is -0.0132. The normalized spacial score (nSPS) is 17.5. The van der Waals surface area contributed by atoms with E-state index in [1.807, 2.05) is 36.1 Å². The van der Waals surface area contributed by atoms with Crippen LogP contribution in [0.5, 0.6) is 0 Å². The van der Waals surface area contributed by atoms with Crippen LogP contribution in [0.2, 0.25) is 5.02 Å². The van der Waals surface area contributed by atoms with Crippen LogP contribution < -0.4 is 5.32 Å². The van der Waals surface area contributed by atoms with Crippen molar-refractivity contribution in [2.24, 2.45) is 0 Å². The number of likely N-dealkylation sites (N-methyl/N-ethyl adjacent to an activating group) is 1. The molecule has 2 atom stereocenters. The first-order valence-electron chi connectivity index (χ1n) is 10.3. The van der Waals surface area contributed by atoms with Gasteiger partial charge in [0.25, 0.3) is 0 Å². The summed E-state index contributed by atoms with van der Waals surface area (Å²) in [4.78, 5) is 36.3. The van der Waals surface area contributed by atoms with Crippen molar-refractivity contribution in [1.29, 1.82) is 0 Å². The van der Waals surface area contributed by atoms with E-state index in [0.717, 1.165) is 29.4 Å². The second-order valence-electron chi connectivity index (χ2n) is 7.93. The lowest BCUT2D eigenvalue weighted by atomic mass is 10.0. The molecule has 1 aliphatic heterocycles. The van der Waals surface area contributed by atoms with E-state index in [9.17, 15) is 9.59 Å². The molecule has 164 valence electrons. The lowest BCUT2D eigenvalue weighted by Crippen LogP contribution is -2.53. The zero-order valence-electron chi connectivity index (χ0n) is 17.6. The Hall–Kier alpha value is -3.07. The van der Waals surface area contributed by atoms with Crippen molar-refractivity contribution in [1.82, 2.24) is 34.9 Å². The fourth-order valence-corrected chi connectivity index (χ4v) is 4.17. The van der Waals surface area contributed by atoms with Gasteiger partial charge in [-0.15, -0.1) is 0 Å². The van der Waals surface area contributed by atoms with Crippen LogP contribution in [0.3, 0.4) is 0 Å². The minimum atomic E-state index is -0.420. The first-order chi connectivity index (χ1) is 14.9. The first kappa shape index (κ1) is 21.2. The van der Waals surface area contributed by atoms with Gasteiger partial charge in [-0.3, -0.25) is 4.79 Å². The SMILES string of the molecule is CC(C(=O)N1CCCC(N(C)C(=O)NCc2cc3cc(Cl)ccc3[nH]2)C1)n1cncn1. The van der Waals surface area contributed by atoms with Crippen LogP contribution in [0.1, 0.15) is 31.5 Å². The van der Waals surface area contributed by atoms with Gasteiger partial charge in [-0.05, 0) is 44.0 Å². The third-order valence-corrected chi connectivity index (χ3v) is 6.07. The summed E-state index contributed by atoms with van der Waals surface area (Å²) in [6, 6.07) is 6.99. The number of carbonyl (C=O) groups excluding carboxylic acids is 2. The van der Waals surface area contributed by atoms with Gasteiger partial charge in [0.15, 0.2) is 0 Å². The van der Waals surface area contributed by atoms with Crippen molar-refractivity contribution in [3.8, 4) is 0 Å². The van der Waals surface area contributed by atoms with E-state index in [2.05, 4.69) is 20.4 Å². The van der Waals surface area contributed by atoms with Crippen molar-refractivity contribution in [2.45, 2.75) is 38.4 Å². The number of halogens is 1. The molecule has 0 radical (unpaired) electrons. The predicted molar refractivity (Wildman–Crippen MR) is 118 cm³/mol. The van der Waals surface area contributed by atoms with Gasteiger partial charge in [0.05, 0.1) is 12.6 Å². The van der Waals surface area contributed by atoms with E-state index in [4.69, 9.17) is 11.6 Å². The van der Waals surface area contributed by atoms with Crippen molar-refractivity contribution in [2.75, 3.05) is 20.1 Å². The number of piperidine rings is 1. The molecule has 3 heterocycles. The van der Waals surface area contributed by atoms with Gasteiger partial charge in [0.1, 0.15) is 18.7 Å². The summed E-state index contributed by atoms with van der Waals surface area (Å²) in [6.45, 7) is 3.38. The lowest BCUT2D eigenvalue weighted by Gasteiger charge is -2.38. The highest BCUT2D eigenvalue weighted by Gasteiger charge is 2.31. The third kappa shape index (κ3) is 4.66. The zero-order valence-corrected chi connectivity index (χ0v) is 18.3. The van der Waals surface area contributed by atoms with Crippen molar-refractivity contribution in [3.05, 3.63) is 47.6 Å². The number of rotatable bonds is 5. The van der Waals surface area contributed by atoms with Gasteiger partial charge in [-0.1, -0.05) is 11.6 Å². The van der Waals surface area contributed by atoms with E-state index in [1.165, 1.54) is 6.33 Å². The average molecular weight is 444 g/mol. The fourth-order valence-electron chi connectivity index (χ4n) is 3.99. The van der Waals surface area contributed by atoms with Crippen molar-refractivity contribution in [3.63, 3.8) is 0 Å². The van der Waals surface area contributed by atoms with Crippen LogP contribution in [0.25, 0.3) is 10.9 Å². The summed E-state index contributed by atoms with van der Waals surface area (Å²) in [7, 11) is 1.78. The maximum Gasteiger partial charge on any atom is 0.317 e. The van der Waals surface area contributed by atoms with E-state index in [0.29, 0.717) is 24.7 Å². The minimum Gasteiger partial charge on any atom is -0.357 e. The van der Waals surface area contributed by atoms with Crippen LogP contribution in [-0.4, -0.2) is 67.7 Å². The van der Waals surface area contributed by atoms with Crippen molar-refractivity contribution < 1.29 is 9.59 Å². The quantitative estimate of drug-likeness (QED) is 0.633. The Labute approximate surface area is 185 Å². The zero-order chi connectivity index (χ0) is 22.0. The molecule has 1 fully saturated rings. The van der Waals surface area contributed by atoms with E-state index in [-0.39, 0.29) is 18.0 Å². The number of aromatic amines is 1. The van der Waals surface area contributed by atoms with E-state index < -0.39 is 6.04 Å². The number of H-pyrrole nitrogens is 1. The number of amides is 3. The molecule has 2 unspecified atom stereocenters. The second kappa shape index (κ2) is 8.97. The van der Waals surface area contributed by atoms with Gasteiger partial charge < -0.3 is 20.1 Å². The van der Waals surface area contributed by atoms with Gasteiger partial charge in [-0.25, -0.2) is 14.5 Å². The van der Waals surface area contributed by atoms with Gasteiger partial charge in [0.2, 0.25) is 5.91 Å². The Morgan fingerprint density at radius 3 is 3.00 bits per heavy atom. The van der Waals surface area contributed by atoms with Crippen LogP contribution in [0.15, 0.2) is 36.9 Å². The molecule has 3 aromatic rings. The average Bonchev–Trinajstić information content (AvgIpc) is 3.45. The molecule has 4 rings (SSSR count). The number of nitrogens with one attached hydrogen (secondary N) is 2. The number of fused-ring (bicyclic) bond motifs is 1. The summed E-state index contributed by atoms with van der Waals surface area (Å²) in [5, 5.41) is 8.70. The number of hydrogen-bond donors (Lipinski definition) is 2. The molecule has 0 saturated carbocycles. The largest absolute Gasteiger partial charge is 0.357 e. The molecule has 2 N–H and O–H groups in total. The standard InChI is InChI=1S/C21H26ClN7O2/c1-14(29-13-23-12-25-29)20(30)28-7-3-4-18(11-28)27(2)21(31)24-10-17-9-15-8-16(22)5-6-19(15)26-17/h5-6,8-9,12-14,18,26H,3-4,7,10-11H2,1-2H3,(H,24,31). The molecule has 0 bridgehead atoms.